The van der Waals surface area contributed by atoms with Gasteiger partial charge in [0.2, 0.25) is 0 Å². The Bertz CT molecular complexity index is 361. The summed E-state index contributed by atoms with van der Waals surface area (Å²) in [6.07, 6.45) is 2.59. The van der Waals surface area contributed by atoms with Gasteiger partial charge in [0, 0.05) is 6.54 Å². The van der Waals surface area contributed by atoms with Crippen LogP contribution in [0, 0.1) is 0 Å². The Morgan fingerprint density at radius 2 is 2.40 bits per heavy atom. The number of piperidine rings is 1. The second-order valence-electron chi connectivity index (χ2n) is 4.16. The average Bonchev–Trinajstić information content (AvgIpc) is 2.77. The van der Waals surface area contributed by atoms with E-state index in [1.165, 1.54) is 29.8 Å². The van der Waals surface area contributed by atoms with E-state index in [1.807, 2.05) is 0 Å². The molecule has 0 aromatic heterocycles. The van der Waals surface area contributed by atoms with Crippen molar-refractivity contribution in [2.45, 2.75) is 23.7 Å². The topological polar surface area (TPSA) is 21.3 Å². The highest BCUT2D eigenvalue weighted by atomic mass is 32.2. The monoisotopic (exact) mass is 221 g/mol. The van der Waals surface area contributed by atoms with Crippen molar-refractivity contribution in [2.75, 3.05) is 19.0 Å². The summed E-state index contributed by atoms with van der Waals surface area (Å²) in [6.45, 7) is 2.29. The summed E-state index contributed by atoms with van der Waals surface area (Å²) in [7, 11) is 0. The molecule has 0 spiro atoms. The average molecular weight is 221 g/mol. The van der Waals surface area contributed by atoms with Gasteiger partial charge in [-0.2, -0.15) is 0 Å². The maximum atomic E-state index is 5.57. The summed E-state index contributed by atoms with van der Waals surface area (Å²) in [5.74, 6) is 2.54. The van der Waals surface area contributed by atoms with Crippen LogP contribution in [0.1, 0.15) is 24.3 Å². The molecule has 15 heavy (non-hydrogen) atoms. The fourth-order valence-corrected chi connectivity index (χ4v) is 3.04. The van der Waals surface area contributed by atoms with E-state index in [0.29, 0.717) is 5.92 Å². The first-order valence-corrected chi connectivity index (χ1v) is 6.52. The zero-order valence-electron chi connectivity index (χ0n) is 8.66. The van der Waals surface area contributed by atoms with Gasteiger partial charge in [0.25, 0.3) is 0 Å². The molecular weight excluding hydrogens is 206 g/mol. The summed E-state index contributed by atoms with van der Waals surface area (Å²) in [5.41, 5.74) is 1.43. The minimum atomic E-state index is 0.679. The molecule has 2 aliphatic heterocycles. The summed E-state index contributed by atoms with van der Waals surface area (Å²) >= 11 is 1.79. The quantitative estimate of drug-likeness (QED) is 0.787. The van der Waals surface area contributed by atoms with Crippen LogP contribution in [0.2, 0.25) is 0 Å². The molecule has 0 amide bonds. The van der Waals surface area contributed by atoms with Crippen molar-refractivity contribution >= 4 is 11.8 Å². The number of nitrogens with one attached hydrogen (secondary N) is 1. The Morgan fingerprint density at radius 1 is 1.40 bits per heavy atom. The van der Waals surface area contributed by atoms with Crippen molar-refractivity contribution in [3.8, 4) is 5.75 Å². The van der Waals surface area contributed by atoms with E-state index < -0.39 is 0 Å². The van der Waals surface area contributed by atoms with Crippen molar-refractivity contribution < 1.29 is 4.74 Å². The maximum Gasteiger partial charge on any atom is 0.138 e. The predicted octanol–water partition coefficient (Wildman–Crippen LogP) is 2.60. The summed E-state index contributed by atoms with van der Waals surface area (Å²) in [6, 6.07) is 6.70. The minimum Gasteiger partial charge on any atom is -0.481 e. The smallest absolute Gasteiger partial charge is 0.138 e. The lowest BCUT2D eigenvalue weighted by atomic mass is 9.92. The fraction of sp³-hybridized carbons (Fsp3) is 0.500. The molecule has 1 atom stereocenters. The van der Waals surface area contributed by atoms with Crippen LogP contribution in [0.15, 0.2) is 23.1 Å². The van der Waals surface area contributed by atoms with Crippen molar-refractivity contribution in [1.82, 2.24) is 5.32 Å². The first-order valence-electron chi connectivity index (χ1n) is 5.54. The van der Waals surface area contributed by atoms with Crippen LogP contribution in [-0.4, -0.2) is 19.0 Å². The third kappa shape index (κ3) is 1.86. The molecule has 1 aromatic carbocycles. The van der Waals surface area contributed by atoms with Crippen LogP contribution >= 0.6 is 11.8 Å². The van der Waals surface area contributed by atoms with Crippen LogP contribution in [-0.2, 0) is 0 Å². The van der Waals surface area contributed by atoms with Crippen LogP contribution in [0.4, 0.5) is 0 Å². The van der Waals surface area contributed by atoms with Crippen LogP contribution in [0.5, 0.6) is 5.75 Å². The molecule has 1 unspecified atom stereocenters. The van der Waals surface area contributed by atoms with Crippen LogP contribution in [0.25, 0.3) is 0 Å². The molecule has 1 saturated heterocycles. The molecule has 0 aliphatic carbocycles. The Balaban J connectivity index is 1.85. The third-order valence-electron chi connectivity index (χ3n) is 3.16. The van der Waals surface area contributed by atoms with Gasteiger partial charge in [0.15, 0.2) is 0 Å². The van der Waals surface area contributed by atoms with E-state index in [1.54, 1.807) is 11.8 Å². The molecule has 3 heteroatoms. The zero-order valence-corrected chi connectivity index (χ0v) is 9.48. The highest BCUT2D eigenvalue weighted by Gasteiger charge is 2.18. The Hall–Kier alpha value is -0.670. The van der Waals surface area contributed by atoms with Gasteiger partial charge in [0.05, 0.1) is 4.90 Å². The molecular formula is C12H15NOS. The molecule has 0 radical (unpaired) electrons. The van der Waals surface area contributed by atoms with Gasteiger partial charge in [-0.3, -0.25) is 0 Å². The molecule has 80 valence electrons. The Kier molecular flexibility index (Phi) is 2.59. The number of fused-ring (bicyclic) bond motifs is 1. The van der Waals surface area contributed by atoms with Gasteiger partial charge in [0.1, 0.15) is 11.7 Å². The molecule has 0 bridgehead atoms. The molecule has 2 nitrogen and oxygen atoms in total. The van der Waals surface area contributed by atoms with Gasteiger partial charge in [-0.05, 0) is 43.0 Å². The van der Waals surface area contributed by atoms with Crippen molar-refractivity contribution in [2.24, 2.45) is 0 Å². The van der Waals surface area contributed by atoms with Crippen molar-refractivity contribution in [3.05, 3.63) is 23.8 Å². The second kappa shape index (κ2) is 4.06. The summed E-state index contributed by atoms with van der Waals surface area (Å²) in [4.78, 5) is 1.29. The maximum absolute atomic E-state index is 5.57. The highest BCUT2D eigenvalue weighted by Crippen LogP contribution is 2.38. The third-order valence-corrected chi connectivity index (χ3v) is 4.05. The first kappa shape index (κ1) is 9.55. The normalized spacial score (nSPS) is 24.7. The molecule has 1 fully saturated rings. The predicted molar refractivity (Wildman–Crippen MR) is 62.6 cm³/mol. The Morgan fingerprint density at radius 3 is 3.27 bits per heavy atom. The number of hydrogen-bond donors (Lipinski definition) is 1. The van der Waals surface area contributed by atoms with E-state index in [0.717, 1.165) is 18.2 Å². The molecule has 2 aliphatic rings. The second-order valence-corrected chi connectivity index (χ2v) is 5.12. The lowest BCUT2D eigenvalue weighted by molar-refractivity contribution is 0.395. The largest absolute Gasteiger partial charge is 0.481 e. The Labute approximate surface area is 94.4 Å². The SMILES string of the molecule is c1cc2c(cc1C1CCCNC1)OCS2. The van der Waals surface area contributed by atoms with Crippen molar-refractivity contribution in [1.29, 1.82) is 0 Å². The molecule has 0 saturated carbocycles. The lowest BCUT2D eigenvalue weighted by Gasteiger charge is -2.23. The zero-order chi connectivity index (χ0) is 10.1. The first-order chi connectivity index (χ1) is 7.43. The molecule has 3 rings (SSSR count). The van der Waals surface area contributed by atoms with E-state index >= 15 is 0 Å². The number of rotatable bonds is 1. The highest BCUT2D eigenvalue weighted by molar-refractivity contribution is 7.99. The minimum absolute atomic E-state index is 0.679. The van der Waals surface area contributed by atoms with Gasteiger partial charge in [-0.15, -0.1) is 0 Å². The standard InChI is InChI=1S/C12H15NOS/c1-2-10(7-13-5-1)9-3-4-12-11(6-9)14-8-15-12/h3-4,6,10,13H,1-2,5,7-8H2. The van der Waals surface area contributed by atoms with Gasteiger partial charge >= 0.3 is 0 Å². The van der Waals surface area contributed by atoms with E-state index in [-0.39, 0.29) is 0 Å². The molecule has 1 N–H and O–H groups in total. The van der Waals surface area contributed by atoms with E-state index in [4.69, 9.17) is 4.74 Å². The number of hydrogen-bond acceptors (Lipinski definition) is 3. The number of thioether (sulfide) groups is 1. The fourth-order valence-electron chi connectivity index (χ4n) is 2.30. The summed E-state index contributed by atoms with van der Waals surface area (Å²) < 4.78 is 5.57. The van der Waals surface area contributed by atoms with Crippen LogP contribution < -0.4 is 10.1 Å². The van der Waals surface area contributed by atoms with Gasteiger partial charge in [-0.25, -0.2) is 0 Å². The van der Waals surface area contributed by atoms with E-state index in [9.17, 15) is 0 Å². The molecule has 2 heterocycles. The number of ether oxygens (including phenoxy) is 1. The van der Waals surface area contributed by atoms with Crippen LogP contribution in [0.3, 0.4) is 0 Å². The van der Waals surface area contributed by atoms with Gasteiger partial charge in [-0.1, -0.05) is 17.8 Å². The molecule has 1 aromatic rings. The summed E-state index contributed by atoms with van der Waals surface area (Å²) in [5, 5.41) is 3.46. The number of benzene rings is 1. The van der Waals surface area contributed by atoms with Crippen molar-refractivity contribution in [3.63, 3.8) is 0 Å². The van der Waals surface area contributed by atoms with E-state index in [2.05, 4.69) is 23.5 Å². The lowest BCUT2D eigenvalue weighted by Crippen LogP contribution is -2.28. The van der Waals surface area contributed by atoms with Gasteiger partial charge < -0.3 is 10.1 Å².